The third kappa shape index (κ3) is 3.79. The van der Waals surface area contributed by atoms with E-state index in [0.717, 1.165) is 19.4 Å². The molecule has 0 spiro atoms. The van der Waals surface area contributed by atoms with Crippen molar-refractivity contribution in [2.24, 2.45) is 0 Å². The topological polar surface area (TPSA) is 43.8 Å². The number of amides is 1. The number of carbonyl (C=O) groups is 1. The Kier molecular flexibility index (Phi) is 4.99. The van der Waals surface area contributed by atoms with E-state index in [0.29, 0.717) is 23.4 Å². The summed E-state index contributed by atoms with van der Waals surface area (Å²) in [7, 11) is 1.98. The number of benzene rings is 2. The highest BCUT2D eigenvalue weighted by molar-refractivity contribution is 5.93. The maximum absolute atomic E-state index is 13.8. The van der Waals surface area contributed by atoms with Crippen LogP contribution in [0.25, 0.3) is 11.1 Å². The third-order valence-corrected chi connectivity index (χ3v) is 4.70. The average Bonchev–Trinajstić information content (AvgIpc) is 2.98. The summed E-state index contributed by atoms with van der Waals surface area (Å²) in [5.41, 5.74) is 1.41. The summed E-state index contributed by atoms with van der Waals surface area (Å²) >= 11 is 0. The Labute approximate surface area is 145 Å². The molecule has 0 radical (unpaired) electrons. The van der Waals surface area contributed by atoms with Gasteiger partial charge in [-0.3, -0.25) is 4.90 Å². The van der Waals surface area contributed by atoms with Crippen molar-refractivity contribution in [3.05, 3.63) is 54.1 Å². The molecule has 3 rings (SSSR count). The Balaban J connectivity index is 2.01. The molecule has 0 aromatic heterocycles. The molecule has 2 aromatic rings. The minimum absolute atomic E-state index is 0.127. The summed E-state index contributed by atoms with van der Waals surface area (Å²) < 4.78 is 27.0. The van der Waals surface area contributed by atoms with Crippen molar-refractivity contribution in [1.82, 2.24) is 4.90 Å². The number of hydrogen-bond acceptors (Lipinski definition) is 2. The Morgan fingerprint density at radius 3 is 2.48 bits per heavy atom. The lowest BCUT2D eigenvalue weighted by Crippen LogP contribution is -2.41. The van der Waals surface area contributed by atoms with Gasteiger partial charge >= 0.3 is 6.09 Å². The number of nitrogens with zero attached hydrogens (tertiary/aromatic N) is 2. The maximum Gasteiger partial charge on any atom is 0.411 e. The molecule has 2 aromatic carbocycles. The van der Waals surface area contributed by atoms with Crippen LogP contribution in [0.5, 0.6) is 0 Å². The van der Waals surface area contributed by atoms with Gasteiger partial charge in [0.15, 0.2) is 0 Å². The van der Waals surface area contributed by atoms with Crippen molar-refractivity contribution < 1.29 is 18.7 Å². The largest absolute Gasteiger partial charge is 0.465 e. The van der Waals surface area contributed by atoms with Gasteiger partial charge in [0.1, 0.15) is 11.6 Å². The molecule has 1 amide bonds. The molecular formula is C19H20F2N2O2. The second kappa shape index (κ2) is 7.19. The zero-order chi connectivity index (χ0) is 18.0. The standard InChI is InChI=1S/C19H20F2N2O2/c1-22-10-2-3-16(22)12-23(19(24)25)18-9-8-15(21)11-17(18)13-4-6-14(20)7-5-13/h4-9,11,16H,2-3,10,12H2,1H3,(H,24,25). The summed E-state index contributed by atoms with van der Waals surface area (Å²) in [5, 5.41) is 9.71. The lowest BCUT2D eigenvalue weighted by atomic mass is 10.0. The van der Waals surface area contributed by atoms with Gasteiger partial charge in [-0.15, -0.1) is 0 Å². The summed E-state index contributed by atoms with van der Waals surface area (Å²) in [6.07, 6.45) is 0.867. The molecule has 132 valence electrons. The SMILES string of the molecule is CN1CCCC1CN(C(=O)O)c1ccc(F)cc1-c1ccc(F)cc1. The highest BCUT2D eigenvalue weighted by atomic mass is 19.1. The molecule has 4 nitrogen and oxygen atoms in total. The molecule has 0 aliphatic carbocycles. The third-order valence-electron chi connectivity index (χ3n) is 4.70. The molecule has 0 bridgehead atoms. The quantitative estimate of drug-likeness (QED) is 0.902. The van der Waals surface area contributed by atoms with Crippen molar-refractivity contribution in [2.75, 3.05) is 25.0 Å². The number of likely N-dealkylation sites (tertiary alicyclic amines) is 1. The molecule has 1 heterocycles. The van der Waals surface area contributed by atoms with Gasteiger partial charge < -0.3 is 10.0 Å². The summed E-state index contributed by atoms with van der Waals surface area (Å²) in [6.45, 7) is 1.25. The minimum atomic E-state index is -1.09. The van der Waals surface area contributed by atoms with Crippen molar-refractivity contribution in [3.8, 4) is 11.1 Å². The highest BCUT2D eigenvalue weighted by Gasteiger charge is 2.28. The fourth-order valence-corrected chi connectivity index (χ4v) is 3.30. The molecule has 0 saturated carbocycles. The zero-order valence-electron chi connectivity index (χ0n) is 14.0. The predicted molar refractivity (Wildman–Crippen MR) is 92.8 cm³/mol. The number of rotatable bonds is 4. The molecule has 1 saturated heterocycles. The second-order valence-corrected chi connectivity index (χ2v) is 6.34. The minimum Gasteiger partial charge on any atom is -0.465 e. The molecule has 25 heavy (non-hydrogen) atoms. The number of likely N-dealkylation sites (N-methyl/N-ethyl adjacent to an activating group) is 1. The molecule has 1 N–H and O–H groups in total. The maximum atomic E-state index is 13.8. The fourth-order valence-electron chi connectivity index (χ4n) is 3.30. The van der Waals surface area contributed by atoms with E-state index in [1.165, 1.54) is 47.4 Å². The van der Waals surface area contributed by atoms with Crippen LogP contribution in [-0.2, 0) is 0 Å². The van der Waals surface area contributed by atoms with Crippen LogP contribution in [0.4, 0.5) is 19.3 Å². The van der Waals surface area contributed by atoms with Crippen LogP contribution < -0.4 is 4.90 Å². The van der Waals surface area contributed by atoms with Crippen molar-refractivity contribution in [3.63, 3.8) is 0 Å². The van der Waals surface area contributed by atoms with Crippen molar-refractivity contribution >= 4 is 11.8 Å². The first-order valence-corrected chi connectivity index (χ1v) is 8.22. The van der Waals surface area contributed by atoms with Crippen molar-refractivity contribution in [2.45, 2.75) is 18.9 Å². The smallest absolute Gasteiger partial charge is 0.411 e. The molecule has 1 unspecified atom stereocenters. The van der Waals surface area contributed by atoms with Crippen molar-refractivity contribution in [1.29, 1.82) is 0 Å². The lowest BCUT2D eigenvalue weighted by Gasteiger charge is -2.28. The van der Waals surface area contributed by atoms with E-state index in [2.05, 4.69) is 4.90 Å². The monoisotopic (exact) mass is 346 g/mol. The molecule has 1 fully saturated rings. The zero-order valence-corrected chi connectivity index (χ0v) is 14.0. The van der Waals surface area contributed by atoms with Crippen LogP contribution in [0.3, 0.4) is 0 Å². The van der Waals surface area contributed by atoms with Crippen LogP contribution in [0.15, 0.2) is 42.5 Å². The summed E-state index contributed by atoms with van der Waals surface area (Å²) in [5.74, 6) is -0.865. The first-order chi connectivity index (χ1) is 12.0. The van der Waals surface area contributed by atoms with Crippen LogP contribution >= 0.6 is 0 Å². The van der Waals surface area contributed by atoms with E-state index < -0.39 is 17.7 Å². The number of carboxylic acid groups (broad SMARTS) is 1. The van der Waals surface area contributed by atoms with E-state index >= 15 is 0 Å². The van der Waals surface area contributed by atoms with Gasteiger partial charge in [0.05, 0.1) is 5.69 Å². The molecule has 1 aliphatic rings. The Morgan fingerprint density at radius 1 is 1.20 bits per heavy atom. The fraction of sp³-hybridized carbons (Fsp3) is 0.316. The highest BCUT2D eigenvalue weighted by Crippen LogP contribution is 2.33. The first-order valence-electron chi connectivity index (χ1n) is 8.22. The van der Waals surface area contributed by atoms with Crippen LogP contribution in [-0.4, -0.2) is 42.3 Å². The van der Waals surface area contributed by atoms with E-state index in [1.807, 2.05) is 7.05 Å². The summed E-state index contributed by atoms with van der Waals surface area (Å²) in [6, 6.07) is 9.73. The second-order valence-electron chi connectivity index (χ2n) is 6.34. The van der Waals surface area contributed by atoms with Crippen LogP contribution in [0, 0.1) is 11.6 Å². The molecule has 6 heteroatoms. The Bertz CT molecular complexity index is 765. The van der Waals surface area contributed by atoms with Gasteiger partial charge in [0.25, 0.3) is 0 Å². The number of hydrogen-bond donors (Lipinski definition) is 1. The molecule has 1 atom stereocenters. The van der Waals surface area contributed by atoms with Gasteiger partial charge in [-0.25, -0.2) is 13.6 Å². The lowest BCUT2D eigenvalue weighted by molar-refractivity contribution is 0.198. The van der Waals surface area contributed by atoms with Crippen LogP contribution in [0.1, 0.15) is 12.8 Å². The number of anilines is 1. The average molecular weight is 346 g/mol. The molecular weight excluding hydrogens is 326 g/mol. The number of halogens is 2. The van der Waals surface area contributed by atoms with Gasteiger partial charge in [0, 0.05) is 18.2 Å². The normalized spacial score (nSPS) is 17.6. The van der Waals surface area contributed by atoms with Gasteiger partial charge in [0.2, 0.25) is 0 Å². The van der Waals surface area contributed by atoms with Crippen LogP contribution in [0.2, 0.25) is 0 Å². The van der Waals surface area contributed by atoms with E-state index in [-0.39, 0.29) is 6.04 Å². The Hall–Kier alpha value is -2.47. The first kappa shape index (κ1) is 17.4. The van der Waals surface area contributed by atoms with E-state index in [4.69, 9.17) is 0 Å². The summed E-state index contributed by atoms with van der Waals surface area (Å²) in [4.78, 5) is 15.3. The predicted octanol–water partition coefficient (Wildman–Crippen LogP) is 4.21. The van der Waals surface area contributed by atoms with E-state index in [9.17, 15) is 18.7 Å². The van der Waals surface area contributed by atoms with Gasteiger partial charge in [-0.1, -0.05) is 12.1 Å². The molecule has 1 aliphatic heterocycles. The van der Waals surface area contributed by atoms with E-state index in [1.54, 1.807) is 0 Å². The Morgan fingerprint density at radius 2 is 1.88 bits per heavy atom. The van der Waals surface area contributed by atoms with Gasteiger partial charge in [-0.05, 0) is 62.3 Å². The van der Waals surface area contributed by atoms with Gasteiger partial charge in [-0.2, -0.15) is 0 Å².